The Hall–Kier alpha value is -3.15. The Morgan fingerprint density at radius 2 is 1.61 bits per heavy atom. The number of fused-ring (bicyclic) bond motifs is 1. The van der Waals surface area contributed by atoms with E-state index in [0.717, 1.165) is 53.3 Å². The van der Waals surface area contributed by atoms with Crippen molar-refractivity contribution in [2.75, 3.05) is 26.2 Å². The van der Waals surface area contributed by atoms with Gasteiger partial charge in [0.05, 0.1) is 0 Å². The Morgan fingerprint density at radius 1 is 0.833 bits per heavy atom. The number of phenolic OH excluding ortho intramolecular Hbond substituents is 1. The van der Waals surface area contributed by atoms with Crippen LogP contribution in [0, 0.1) is 11.6 Å². The second-order valence-corrected chi connectivity index (χ2v) is 9.17. The van der Waals surface area contributed by atoms with E-state index in [1.807, 2.05) is 36.4 Å². The number of halogens is 3. The van der Waals surface area contributed by atoms with Crippen LogP contribution < -0.4 is 4.74 Å². The number of ether oxygens (including phenoxy) is 1. The van der Waals surface area contributed by atoms with Gasteiger partial charge < -0.3 is 9.84 Å². The average Bonchev–Trinajstić information content (AvgIpc) is 2.88. The molecule has 1 fully saturated rings. The lowest BCUT2D eigenvalue weighted by Gasteiger charge is -2.26. The lowest BCUT2D eigenvalue weighted by molar-refractivity contribution is 0.183. The van der Waals surface area contributed by atoms with Gasteiger partial charge in [0.2, 0.25) is 0 Å². The van der Waals surface area contributed by atoms with Crippen molar-refractivity contribution in [3.05, 3.63) is 95.6 Å². The van der Waals surface area contributed by atoms with Crippen LogP contribution in [-0.2, 0) is 6.42 Å². The molecule has 0 spiro atoms. The van der Waals surface area contributed by atoms with Gasteiger partial charge in [-0.25, -0.2) is 8.78 Å². The molecule has 5 rings (SSSR count). The number of hydrogen-bond acceptors (Lipinski definition) is 3. The molecule has 4 aromatic carbocycles. The van der Waals surface area contributed by atoms with Crippen molar-refractivity contribution in [1.29, 1.82) is 0 Å². The van der Waals surface area contributed by atoms with Crippen molar-refractivity contribution < 1.29 is 18.6 Å². The van der Waals surface area contributed by atoms with Gasteiger partial charge in [0.25, 0.3) is 0 Å². The molecule has 188 valence electrons. The maximum Gasteiger partial charge on any atom is 0.166 e. The van der Waals surface area contributed by atoms with E-state index >= 15 is 0 Å². The predicted molar refractivity (Wildman–Crippen MR) is 143 cm³/mol. The van der Waals surface area contributed by atoms with Gasteiger partial charge in [-0.2, -0.15) is 0 Å². The zero-order chi connectivity index (χ0) is 24.2. The topological polar surface area (TPSA) is 32.7 Å². The molecule has 0 unspecified atom stereocenters. The van der Waals surface area contributed by atoms with Crippen LogP contribution in [0.1, 0.15) is 30.4 Å². The van der Waals surface area contributed by atoms with Gasteiger partial charge in [-0.15, -0.1) is 12.4 Å². The number of likely N-dealkylation sites (tertiary alicyclic amines) is 1. The first-order chi connectivity index (χ1) is 17.1. The van der Waals surface area contributed by atoms with Crippen molar-refractivity contribution in [3.63, 3.8) is 0 Å². The van der Waals surface area contributed by atoms with Gasteiger partial charge in [0.15, 0.2) is 11.6 Å². The van der Waals surface area contributed by atoms with Crippen molar-refractivity contribution in [2.45, 2.75) is 25.7 Å². The number of piperidine rings is 1. The minimum atomic E-state index is -0.870. The number of benzene rings is 4. The summed E-state index contributed by atoms with van der Waals surface area (Å²) < 4.78 is 34.7. The highest BCUT2D eigenvalue weighted by molar-refractivity contribution is 5.93. The number of hydrogen-bond donors (Lipinski definition) is 1. The van der Waals surface area contributed by atoms with Crippen LogP contribution in [0.25, 0.3) is 21.9 Å². The van der Waals surface area contributed by atoms with Crippen molar-refractivity contribution in [1.82, 2.24) is 4.90 Å². The highest BCUT2D eigenvalue weighted by atomic mass is 35.5. The molecule has 1 heterocycles. The second kappa shape index (κ2) is 11.7. The van der Waals surface area contributed by atoms with E-state index in [2.05, 4.69) is 4.90 Å². The van der Waals surface area contributed by atoms with E-state index in [-0.39, 0.29) is 23.7 Å². The fraction of sp³-hybridized carbons (Fsp3) is 0.267. The van der Waals surface area contributed by atoms with Crippen LogP contribution in [0.3, 0.4) is 0 Å². The molecule has 0 amide bonds. The number of rotatable bonds is 7. The molecular weight excluding hydrogens is 480 g/mol. The lowest BCUT2D eigenvalue weighted by atomic mass is 9.90. The van der Waals surface area contributed by atoms with Gasteiger partial charge in [-0.3, -0.25) is 4.90 Å². The van der Waals surface area contributed by atoms with Crippen LogP contribution >= 0.6 is 12.4 Å². The molecule has 1 saturated heterocycles. The Bertz CT molecular complexity index is 1320. The Morgan fingerprint density at radius 3 is 2.39 bits per heavy atom. The highest BCUT2D eigenvalue weighted by Gasteiger charge is 2.16. The molecule has 0 aliphatic carbocycles. The quantitative estimate of drug-likeness (QED) is 0.282. The maximum atomic E-state index is 14.7. The fourth-order valence-electron chi connectivity index (χ4n) is 4.92. The molecule has 3 nitrogen and oxygen atoms in total. The molecule has 0 radical (unpaired) electrons. The van der Waals surface area contributed by atoms with Crippen LogP contribution in [0.15, 0.2) is 72.8 Å². The van der Waals surface area contributed by atoms with Crippen LogP contribution in [0.5, 0.6) is 11.5 Å². The summed E-state index contributed by atoms with van der Waals surface area (Å²) in [5, 5.41) is 11.7. The molecule has 0 atom stereocenters. The summed E-state index contributed by atoms with van der Waals surface area (Å²) in [6.07, 6.45) is 4.39. The van der Waals surface area contributed by atoms with Crippen molar-refractivity contribution in [2.24, 2.45) is 0 Å². The Kier molecular flexibility index (Phi) is 8.44. The first-order valence-electron chi connectivity index (χ1n) is 12.2. The minimum Gasteiger partial charge on any atom is -0.508 e. The van der Waals surface area contributed by atoms with Gasteiger partial charge in [0.1, 0.15) is 18.1 Å². The summed E-state index contributed by atoms with van der Waals surface area (Å²) in [5.74, 6) is -0.737. The molecule has 0 saturated carbocycles. The van der Waals surface area contributed by atoms with Gasteiger partial charge in [-0.05, 0) is 90.1 Å². The largest absolute Gasteiger partial charge is 0.508 e. The number of aromatic hydroxyl groups is 1. The standard InChI is InChI=1S/C30H29F2NO2.ClH/c31-29-6-4-5-27(30(29)32)26-13-9-22-20-23(34)10-14-25(22)28(26)19-21-7-11-24(12-8-21)35-18-17-33-15-2-1-3-16-33;/h4-14,20,34H,1-3,15-19H2;1H. The van der Waals surface area contributed by atoms with Crippen LogP contribution in [0.4, 0.5) is 8.78 Å². The summed E-state index contributed by atoms with van der Waals surface area (Å²) in [7, 11) is 0. The fourth-order valence-corrected chi connectivity index (χ4v) is 4.92. The third kappa shape index (κ3) is 5.80. The van der Waals surface area contributed by atoms with E-state index < -0.39 is 11.6 Å². The smallest absolute Gasteiger partial charge is 0.166 e. The zero-order valence-corrected chi connectivity index (χ0v) is 20.9. The number of nitrogens with zero attached hydrogens (tertiary/aromatic N) is 1. The Balaban J connectivity index is 0.00000304. The summed E-state index contributed by atoms with van der Waals surface area (Å²) in [6.45, 7) is 3.90. The molecule has 4 aromatic rings. The summed E-state index contributed by atoms with van der Waals surface area (Å²) in [4.78, 5) is 2.45. The molecule has 36 heavy (non-hydrogen) atoms. The minimum absolute atomic E-state index is 0. The Labute approximate surface area is 216 Å². The van der Waals surface area contributed by atoms with Crippen molar-refractivity contribution >= 4 is 23.2 Å². The first kappa shape index (κ1) is 25.9. The van der Waals surface area contributed by atoms with E-state index in [9.17, 15) is 13.9 Å². The molecular formula is C30H30ClF2NO2. The zero-order valence-electron chi connectivity index (χ0n) is 20.1. The van der Waals surface area contributed by atoms with E-state index in [0.29, 0.717) is 18.6 Å². The molecule has 1 N–H and O–H groups in total. The first-order valence-corrected chi connectivity index (χ1v) is 12.2. The summed E-state index contributed by atoms with van der Waals surface area (Å²) >= 11 is 0. The average molecular weight is 510 g/mol. The monoisotopic (exact) mass is 509 g/mol. The van der Waals surface area contributed by atoms with Gasteiger partial charge in [0, 0.05) is 12.1 Å². The third-order valence-corrected chi connectivity index (χ3v) is 6.79. The van der Waals surface area contributed by atoms with E-state index in [4.69, 9.17) is 4.74 Å². The maximum absolute atomic E-state index is 14.7. The normalized spacial score (nSPS) is 13.9. The highest BCUT2D eigenvalue weighted by Crippen LogP contribution is 2.35. The van der Waals surface area contributed by atoms with Crippen LogP contribution in [-0.4, -0.2) is 36.2 Å². The molecule has 0 aromatic heterocycles. The van der Waals surface area contributed by atoms with Crippen molar-refractivity contribution in [3.8, 4) is 22.6 Å². The predicted octanol–water partition coefficient (Wildman–Crippen LogP) is 7.37. The molecule has 1 aliphatic rings. The summed E-state index contributed by atoms with van der Waals surface area (Å²) in [5.41, 5.74) is 2.78. The number of phenols is 1. The molecule has 0 bridgehead atoms. The SMILES string of the molecule is Cl.Oc1ccc2c(Cc3ccc(OCCN4CCCCC4)cc3)c(-c3cccc(F)c3F)ccc2c1. The van der Waals surface area contributed by atoms with Gasteiger partial charge in [-0.1, -0.05) is 48.9 Å². The molecule has 6 heteroatoms. The van der Waals surface area contributed by atoms with E-state index in [1.165, 1.54) is 25.3 Å². The second-order valence-electron chi connectivity index (χ2n) is 9.17. The van der Waals surface area contributed by atoms with Gasteiger partial charge >= 0.3 is 0 Å². The van der Waals surface area contributed by atoms with E-state index in [1.54, 1.807) is 24.3 Å². The van der Waals surface area contributed by atoms with Crippen LogP contribution in [0.2, 0.25) is 0 Å². The lowest BCUT2D eigenvalue weighted by Crippen LogP contribution is -2.33. The molecule has 1 aliphatic heterocycles. The third-order valence-electron chi connectivity index (χ3n) is 6.79. The summed E-state index contributed by atoms with van der Waals surface area (Å²) in [6, 6.07) is 21.0.